The molecule has 0 radical (unpaired) electrons. The summed E-state index contributed by atoms with van der Waals surface area (Å²) >= 11 is 0. The molecular formula is C17H17FN2O2. The van der Waals surface area contributed by atoms with E-state index in [-0.39, 0.29) is 18.1 Å². The highest BCUT2D eigenvalue weighted by atomic mass is 19.1. The summed E-state index contributed by atoms with van der Waals surface area (Å²) in [6.45, 7) is 1.46. The highest BCUT2D eigenvalue weighted by molar-refractivity contribution is 5.93. The second-order valence-electron chi connectivity index (χ2n) is 5.27. The van der Waals surface area contributed by atoms with Gasteiger partial charge in [0.25, 0.3) is 0 Å². The lowest BCUT2D eigenvalue weighted by atomic mass is 10.1. The van der Waals surface area contributed by atoms with Gasteiger partial charge in [0.05, 0.1) is 18.7 Å². The number of nitrogens with one attached hydrogen (secondary N) is 1. The molecule has 0 atom stereocenters. The SMILES string of the molecule is CN1CCOc2cc(NC(=O)Cc3ccccc3F)ccc21. The molecule has 114 valence electrons. The number of anilines is 2. The number of carbonyl (C=O) groups is 1. The number of fused-ring (bicyclic) bond motifs is 1. The van der Waals surface area contributed by atoms with Gasteiger partial charge in [0, 0.05) is 18.8 Å². The molecule has 0 spiro atoms. The summed E-state index contributed by atoms with van der Waals surface area (Å²) in [5, 5.41) is 2.78. The molecule has 2 aromatic carbocycles. The highest BCUT2D eigenvalue weighted by Gasteiger charge is 2.16. The average molecular weight is 300 g/mol. The van der Waals surface area contributed by atoms with Crippen LogP contribution >= 0.6 is 0 Å². The van der Waals surface area contributed by atoms with Crippen LogP contribution in [0.15, 0.2) is 42.5 Å². The number of likely N-dealkylation sites (N-methyl/N-ethyl adjacent to an activating group) is 1. The molecule has 2 aromatic rings. The summed E-state index contributed by atoms with van der Waals surface area (Å²) in [4.78, 5) is 14.1. The molecule has 1 N–H and O–H groups in total. The predicted molar refractivity (Wildman–Crippen MR) is 83.9 cm³/mol. The largest absolute Gasteiger partial charge is 0.489 e. The monoisotopic (exact) mass is 300 g/mol. The van der Waals surface area contributed by atoms with Gasteiger partial charge in [-0.3, -0.25) is 4.79 Å². The topological polar surface area (TPSA) is 41.6 Å². The van der Waals surface area contributed by atoms with Crippen LogP contribution in [0.2, 0.25) is 0 Å². The van der Waals surface area contributed by atoms with Gasteiger partial charge in [-0.25, -0.2) is 4.39 Å². The molecule has 22 heavy (non-hydrogen) atoms. The lowest BCUT2D eigenvalue weighted by Crippen LogP contribution is -2.28. The van der Waals surface area contributed by atoms with E-state index in [9.17, 15) is 9.18 Å². The van der Waals surface area contributed by atoms with Gasteiger partial charge >= 0.3 is 0 Å². The summed E-state index contributed by atoms with van der Waals surface area (Å²) in [6.07, 6.45) is 0.00448. The minimum Gasteiger partial charge on any atom is -0.489 e. The molecule has 1 aliphatic rings. The van der Waals surface area contributed by atoms with E-state index < -0.39 is 0 Å². The number of carbonyl (C=O) groups excluding carboxylic acids is 1. The molecule has 5 heteroatoms. The highest BCUT2D eigenvalue weighted by Crippen LogP contribution is 2.33. The number of nitrogens with zero attached hydrogens (tertiary/aromatic N) is 1. The Morgan fingerprint density at radius 3 is 2.95 bits per heavy atom. The first-order valence-electron chi connectivity index (χ1n) is 7.15. The molecule has 0 saturated heterocycles. The standard InChI is InChI=1S/C17H17FN2O2/c1-20-8-9-22-16-11-13(6-7-15(16)20)19-17(21)10-12-4-2-3-5-14(12)18/h2-7,11H,8-10H2,1H3,(H,19,21). The van der Waals surface area contributed by atoms with Crippen molar-refractivity contribution in [3.63, 3.8) is 0 Å². The second kappa shape index (κ2) is 6.05. The van der Waals surface area contributed by atoms with Crippen molar-refractivity contribution in [2.45, 2.75) is 6.42 Å². The van der Waals surface area contributed by atoms with Gasteiger partial charge in [-0.15, -0.1) is 0 Å². The van der Waals surface area contributed by atoms with Gasteiger partial charge in [0.1, 0.15) is 18.2 Å². The molecule has 4 nitrogen and oxygen atoms in total. The average Bonchev–Trinajstić information content (AvgIpc) is 2.50. The van der Waals surface area contributed by atoms with Gasteiger partial charge in [0.2, 0.25) is 5.91 Å². The van der Waals surface area contributed by atoms with E-state index in [1.54, 1.807) is 24.3 Å². The zero-order valence-corrected chi connectivity index (χ0v) is 12.3. The quantitative estimate of drug-likeness (QED) is 0.947. The minimum atomic E-state index is -0.368. The maximum Gasteiger partial charge on any atom is 0.228 e. The number of benzene rings is 2. The van der Waals surface area contributed by atoms with E-state index in [2.05, 4.69) is 10.2 Å². The molecule has 0 saturated carbocycles. The molecular weight excluding hydrogens is 283 g/mol. The van der Waals surface area contributed by atoms with Crippen LogP contribution in [-0.4, -0.2) is 26.1 Å². The van der Waals surface area contributed by atoms with Crippen molar-refractivity contribution in [3.05, 3.63) is 53.8 Å². The minimum absolute atomic E-state index is 0.00448. The molecule has 0 aromatic heterocycles. The lowest BCUT2D eigenvalue weighted by Gasteiger charge is -2.27. The summed E-state index contributed by atoms with van der Waals surface area (Å²) in [5.41, 5.74) is 2.03. The molecule has 1 heterocycles. The van der Waals surface area contributed by atoms with Crippen molar-refractivity contribution in [2.24, 2.45) is 0 Å². The fourth-order valence-electron chi connectivity index (χ4n) is 2.46. The Balaban J connectivity index is 1.71. The Bertz CT molecular complexity index is 703. The Labute approximate surface area is 128 Å². The van der Waals surface area contributed by atoms with Gasteiger partial charge < -0.3 is 15.0 Å². The fourth-order valence-corrected chi connectivity index (χ4v) is 2.46. The lowest BCUT2D eigenvalue weighted by molar-refractivity contribution is -0.115. The molecule has 1 aliphatic heterocycles. The van der Waals surface area contributed by atoms with Crippen LogP contribution < -0.4 is 15.0 Å². The van der Waals surface area contributed by atoms with Gasteiger partial charge in [-0.2, -0.15) is 0 Å². The van der Waals surface area contributed by atoms with Crippen molar-refractivity contribution in [2.75, 3.05) is 30.4 Å². The number of hydrogen-bond acceptors (Lipinski definition) is 3. The number of ether oxygens (including phenoxy) is 1. The van der Waals surface area contributed by atoms with E-state index in [1.165, 1.54) is 6.07 Å². The van der Waals surface area contributed by atoms with Crippen molar-refractivity contribution in [1.29, 1.82) is 0 Å². The van der Waals surface area contributed by atoms with Gasteiger partial charge in [-0.1, -0.05) is 18.2 Å². The number of hydrogen-bond donors (Lipinski definition) is 1. The van der Waals surface area contributed by atoms with Crippen LogP contribution in [0.1, 0.15) is 5.56 Å². The first kappa shape index (κ1) is 14.4. The maximum atomic E-state index is 13.6. The molecule has 1 amide bonds. The number of amides is 1. The zero-order valence-electron chi connectivity index (χ0n) is 12.3. The van der Waals surface area contributed by atoms with Crippen LogP contribution in [0, 0.1) is 5.82 Å². The van der Waals surface area contributed by atoms with Crippen LogP contribution in [0.4, 0.5) is 15.8 Å². The molecule has 0 fully saturated rings. The van der Waals surface area contributed by atoms with Crippen molar-refractivity contribution in [3.8, 4) is 5.75 Å². The smallest absolute Gasteiger partial charge is 0.228 e. The van der Waals surface area contributed by atoms with Crippen LogP contribution in [0.3, 0.4) is 0 Å². The summed E-state index contributed by atoms with van der Waals surface area (Å²) in [6, 6.07) is 11.8. The molecule has 0 aliphatic carbocycles. The third kappa shape index (κ3) is 3.03. The first-order valence-corrected chi connectivity index (χ1v) is 7.15. The number of rotatable bonds is 3. The van der Waals surface area contributed by atoms with Crippen molar-refractivity contribution in [1.82, 2.24) is 0 Å². The van der Waals surface area contributed by atoms with E-state index >= 15 is 0 Å². The van der Waals surface area contributed by atoms with Crippen LogP contribution in [0.25, 0.3) is 0 Å². The Morgan fingerprint density at radius 2 is 2.14 bits per heavy atom. The zero-order chi connectivity index (χ0) is 15.5. The third-order valence-corrected chi connectivity index (χ3v) is 3.65. The Kier molecular flexibility index (Phi) is 3.96. The molecule has 0 bridgehead atoms. The first-order chi connectivity index (χ1) is 10.6. The van der Waals surface area contributed by atoms with Gasteiger partial charge in [0.15, 0.2) is 0 Å². The summed E-state index contributed by atoms with van der Waals surface area (Å²) < 4.78 is 19.2. The Hall–Kier alpha value is -2.56. The molecule has 0 unspecified atom stereocenters. The Morgan fingerprint density at radius 1 is 1.32 bits per heavy atom. The van der Waals surface area contributed by atoms with Crippen LogP contribution in [0.5, 0.6) is 5.75 Å². The van der Waals surface area contributed by atoms with E-state index in [0.717, 1.165) is 18.0 Å². The van der Waals surface area contributed by atoms with Crippen molar-refractivity contribution < 1.29 is 13.9 Å². The molecule has 3 rings (SSSR count). The second-order valence-corrected chi connectivity index (χ2v) is 5.27. The van der Waals surface area contributed by atoms with E-state index in [4.69, 9.17) is 4.74 Å². The normalized spacial score (nSPS) is 13.3. The van der Waals surface area contributed by atoms with E-state index in [0.29, 0.717) is 17.9 Å². The maximum absolute atomic E-state index is 13.6. The fraction of sp³-hybridized carbons (Fsp3) is 0.235. The third-order valence-electron chi connectivity index (χ3n) is 3.65. The number of halogens is 1. The van der Waals surface area contributed by atoms with E-state index in [1.807, 2.05) is 19.2 Å². The van der Waals surface area contributed by atoms with Crippen molar-refractivity contribution >= 4 is 17.3 Å². The summed E-state index contributed by atoms with van der Waals surface area (Å²) in [7, 11) is 2.00. The summed E-state index contributed by atoms with van der Waals surface area (Å²) in [5.74, 6) is 0.125. The van der Waals surface area contributed by atoms with Crippen LogP contribution in [-0.2, 0) is 11.2 Å². The predicted octanol–water partition coefficient (Wildman–Crippen LogP) is 2.84. The van der Waals surface area contributed by atoms with Gasteiger partial charge in [-0.05, 0) is 23.8 Å².